The van der Waals surface area contributed by atoms with Crippen LogP contribution in [0, 0.1) is 21.4 Å². The van der Waals surface area contributed by atoms with Gasteiger partial charge in [0.2, 0.25) is 0 Å². The summed E-state index contributed by atoms with van der Waals surface area (Å²) < 4.78 is 5.19. The number of Topliss-reactive ketones (excluding diaryl/α,β-unsaturated/α-hetero) is 1. The van der Waals surface area contributed by atoms with E-state index in [2.05, 4.69) is 0 Å². The lowest BCUT2D eigenvalue weighted by atomic mass is 9.97. The lowest BCUT2D eigenvalue weighted by Crippen LogP contribution is -2.31. The second-order valence-electron chi connectivity index (χ2n) is 5.36. The zero-order chi connectivity index (χ0) is 14.3. The first-order valence-electron chi connectivity index (χ1n) is 6.54. The van der Waals surface area contributed by atoms with Crippen LogP contribution in [0.5, 0.6) is 5.75 Å². The van der Waals surface area contributed by atoms with E-state index in [1.807, 2.05) is 0 Å². The van der Waals surface area contributed by atoms with E-state index in [1.165, 1.54) is 24.3 Å². The quantitative estimate of drug-likeness (QED) is 0.270. The first-order chi connectivity index (χ1) is 9.53. The molecule has 0 unspecified atom stereocenters. The first kappa shape index (κ1) is 12.8. The Balaban J connectivity index is 1.69. The maximum absolute atomic E-state index is 12.1. The van der Waals surface area contributed by atoms with Crippen molar-refractivity contribution in [1.82, 2.24) is 0 Å². The molecule has 1 aromatic carbocycles. The SMILES string of the molecule is O=C(Oc1ccc([N+](=O)[O-])cc1)C1(C(=O)C2CC2)CC1. The number of nitro benzene ring substituents is 1. The molecule has 0 atom stereocenters. The number of ketones is 1. The number of hydrogen-bond acceptors (Lipinski definition) is 5. The second kappa shape index (κ2) is 4.40. The summed E-state index contributed by atoms with van der Waals surface area (Å²) in [5.74, 6) is -0.259. The summed E-state index contributed by atoms with van der Waals surface area (Å²) in [7, 11) is 0. The maximum Gasteiger partial charge on any atom is 0.325 e. The highest BCUT2D eigenvalue weighted by Crippen LogP contribution is 2.53. The topological polar surface area (TPSA) is 86.5 Å². The molecular formula is C14H13NO5. The molecule has 2 aliphatic carbocycles. The third kappa shape index (κ3) is 2.17. The maximum atomic E-state index is 12.1. The van der Waals surface area contributed by atoms with E-state index in [1.54, 1.807) is 0 Å². The lowest BCUT2D eigenvalue weighted by molar-refractivity contribution is -0.384. The number of carbonyl (C=O) groups is 2. The second-order valence-corrected chi connectivity index (χ2v) is 5.36. The number of carbonyl (C=O) groups excluding carboxylic acids is 2. The zero-order valence-electron chi connectivity index (χ0n) is 10.7. The van der Waals surface area contributed by atoms with Gasteiger partial charge in [-0.15, -0.1) is 0 Å². The highest BCUT2D eigenvalue weighted by Gasteiger charge is 2.60. The van der Waals surface area contributed by atoms with Crippen molar-refractivity contribution in [3.8, 4) is 5.75 Å². The van der Waals surface area contributed by atoms with Gasteiger partial charge in [0, 0.05) is 18.1 Å². The number of esters is 1. The summed E-state index contributed by atoms with van der Waals surface area (Å²) in [5, 5.41) is 10.5. The van der Waals surface area contributed by atoms with E-state index in [0.717, 1.165) is 12.8 Å². The molecule has 0 N–H and O–H groups in total. The van der Waals surface area contributed by atoms with Gasteiger partial charge in [-0.3, -0.25) is 19.7 Å². The van der Waals surface area contributed by atoms with Crippen molar-refractivity contribution in [3.63, 3.8) is 0 Å². The molecule has 0 saturated heterocycles. The van der Waals surface area contributed by atoms with E-state index < -0.39 is 16.3 Å². The molecule has 2 aliphatic rings. The standard InChI is InChI=1S/C14H13NO5/c16-12(9-1-2-9)14(7-8-14)13(17)20-11-5-3-10(4-6-11)15(18)19/h3-6,9H,1-2,7-8H2. The van der Waals surface area contributed by atoms with E-state index >= 15 is 0 Å². The summed E-state index contributed by atoms with van der Waals surface area (Å²) in [6, 6.07) is 5.28. The van der Waals surface area contributed by atoms with Gasteiger partial charge in [0.1, 0.15) is 11.2 Å². The number of rotatable bonds is 5. The molecule has 6 nitrogen and oxygen atoms in total. The summed E-state index contributed by atoms with van der Waals surface area (Å²) >= 11 is 0. The van der Waals surface area contributed by atoms with Gasteiger partial charge in [0.25, 0.3) is 5.69 Å². The Hall–Kier alpha value is -2.24. The molecule has 3 rings (SSSR count). The molecule has 0 aliphatic heterocycles. The Kier molecular flexibility index (Phi) is 2.81. The minimum absolute atomic E-state index is 0.00408. The monoisotopic (exact) mass is 275 g/mol. The number of ether oxygens (including phenoxy) is 1. The Morgan fingerprint density at radius 2 is 1.80 bits per heavy atom. The fourth-order valence-electron chi connectivity index (χ4n) is 2.25. The Labute approximate surface area is 114 Å². The minimum atomic E-state index is -0.942. The molecule has 0 spiro atoms. The highest BCUT2D eigenvalue weighted by atomic mass is 16.6. The molecule has 0 bridgehead atoms. The third-order valence-corrected chi connectivity index (χ3v) is 3.82. The molecular weight excluding hydrogens is 262 g/mol. The van der Waals surface area contributed by atoms with Gasteiger partial charge in [-0.1, -0.05) is 0 Å². The summed E-state index contributed by atoms with van der Waals surface area (Å²) in [5.41, 5.74) is -1.01. The van der Waals surface area contributed by atoms with Crippen molar-refractivity contribution >= 4 is 17.4 Å². The molecule has 104 valence electrons. The molecule has 6 heteroatoms. The summed E-state index contributed by atoms with van der Waals surface area (Å²) in [6.45, 7) is 0. The molecule has 2 fully saturated rings. The predicted octanol–water partition coefficient (Wildman–Crippen LogP) is 2.26. The fourth-order valence-corrected chi connectivity index (χ4v) is 2.25. The van der Waals surface area contributed by atoms with Gasteiger partial charge < -0.3 is 4.74 Å². The van der Waals surface area contributed by atoms with E-state index in [9.17, 15) is 19.7 Å². The van der Waals surface area contributed by atoms with Crippen molar-refractivity contribution in [2.45, 2.75) is 25.7 Å². The van der Waals surface area contributed by atoms with E-state index in [4.69, 9.17) is 4.74 Å². The molecule has 0 heterocycles. The smallest absolute Gasteiger partial charge is 0.325 e. The average molecular weight is 275 g/mol. The largest absolute Gasteiger partial charge is 0.426 e. The number of non-ortho nitro benzene ring substituents is 1. The van der Waals surface area contributed by atoms with Crippen LogP contribution in [0.3, 0.4) is 0 Å². The van der Waals surface area contributed by atoms with Gasteiger partial charge in [0.05, 0.1) is 4.92 Å². The molecule has 20 heavy (non-hydrogen) atoms. The van der Waals surface area contributed by atoms with Crippen LogP contribution in [0.15, 0.2) is 24.3 Å². The molecule has 0 radical (unpaired) electrons. The van der Waals surface area contributed by atoms with Crippen LogP contribution in [0.2, 0.25) is 0 Å². The number of hydrogen-bond donors (Lipinski definition) is 0. The van der Waals surface area contributed by atoms with Crippen molar-refractivity contribution in [1.29, 1.82) is 0 Å². The van der Waals surface area contributed by atoms with Gasteiger partial charge in [-0.2, -0.15) is 0 Å². The normalized spacial score (nSPS) is 19.2. The van der Waals surface area contributed by atoms with Crippen LogP contribution in [-0.4, -0.2) is 16.7 Å². The van der Waals surface area contributed by atoms with Crippen LogP contribution in [0.25, 0.3) is 0 Å². The molecule has 0 amide bonds. The summed E-state index contributed by atoms with van der Waals surface area (Å²) in [6.07, 6.45) is 2.83. The number of benzene rings is 1. The molecule has 1 aromatic rings. The number of nitro groups is 1. The molecule has 2 saturated carbocycles. The van der Waals surface area contributed by atoms with Gasteiger partial charge in [-0.05, 0) is 37.8 Å². The van der Waals surface area contributed by atoms with Gasteiger partial charge in [-0.25, -0.2) is 0 Å². The van der Waals surface area contributed by atoms with Crippen LogP contribution in [-0.2, 0) is 9.59 Å². The lowest BCUT2D eigenvalue weighted by Gasteiger charge is -2.12. The molecule has 0 aromatic heterocycles. The van der Waals surface area contributed by atoms with Crippen molar-refractivity contribution in [2.24, 2.45) is 11.3 Å². The van der Waals surface area contributed by atoms with Crippen LogP contribution >= 0.6 is 0 Å². The van der Waals surface area contributed by atoms with Gasteiger partial charge >= 0.3 is 5.97 Å². The first-order valence-corrected chi connectivity index (χ1v) is 6.54. The Morgan fingerprint density at radius 3 is 2.25 bits per heavy atom. The van der Waals surface area contributed by atoms with Crippen LogP contribution < -0.4 is 4.74 Å². The van der Waals surface area contributed by atoms with E-state index in [-0.39, 0.29) is 23.1 Å². The van der Waals surface area contributed by atoms with Crippen molar-refractivity contribution in [2.75, 3.05) is 0 Å². The predicted molar refractivity (Wildman–Crippen MR) is 68.1 cm³/mol. The Morgan fingerprint density at radius 1 is 1.20 bits per heavy atom. The zero-order valence-corrected chi connectivity index (χ0v) is 10.7. The minimum Gasteiger partial charge on any atom is -0.426 e. The fraction of sp³-hybridized carbons (Fsp3) is 0.429. The van der Waals surface area contributed by atoms with Crippen molar-refractivity contribution < 1.29 is 19.2 Å². The average Bonchev–Trinajstić information content (AvgIpc) is 3.29. The third-order valence-electron chi connectivity index (χ3n) is 3.82. The number of nitrogens with zero attached hydrogens (tertiary/aromatic N) is 1. The Bertz CT molecular complexity index is 584. The summed E-state index contributed by atoms with van der Waals surface area (Å²) in [4.78, 5) is 34.2. The van der Waals surface area contributed by atoms with E-state index in [0.29, 0.717) is 12.8 Å². The van der Waals surface area contributed by atoms with Crippen LogP contribution in [0.4, 0.5) is 5.69 Å². The van der Waals surface area contributed by atoms with Gasteiger partial charge in [0.15, 0.2) is 5.78 Å². The van der Waals surface area contributed by atoms with Crippen LogP contribution in [0.1, 0.15) is 25.7 Å². The van der Waals surface area contributed by atoms with Crippen molar-refractivity contribution in [3.05, 3.63) is 34.4 Å². The highest BCUT2D eigenvalue weighted by molar-refractivity contribution is 6.09.